The van der Waals surface area contributed by atoms with E-state index in [1.54, 1.807) is 39.0 Å². The van der Waals surface area contributed by atoms with Crippen molar-refractivity contribution in [3.05, 3.63) is 35.4 Å². The topological polar surface area (TPSA) is 95.9 Å². The van der Waals surface area contributed by atoms with Gasteiger partial charge in [-0.15, -0.1) is 0 Å². The van der Waals surface area contributed by atoms with Gasteiger partial charge in [0.25, 0.3) is 0 Å². The van der Waals surface area contributed by atoms with E-state index in [1.807, 2.05) is 0 Å². The Bertz CT molecular complexity index is 536. The summed E-state index contributed by atoms with van der Waals surface area (Å²) >= 11 is 0. The zero-order valence-electron chi connectivity index (χ0n) is 13.3. The van der Waals surface area contributed by atoms with Crippen LogP contribution in [0.25, 0.3) is 0 Å². The smallest absolute Gasteiger partial charge is 0.338 e. The normalized spacial score (nSPS) is 14.1. The number of carbonyl (C=O) groups excluding carboxylic acids is 2. The Morgan fingerprint density at radius 1 is 1.27 bits per heavy atom. The van der Waals surface area contributed by atoms with E-state index in [4.69, 9.17) is 4.74 Å². The van der Waals surface area contributed by atoms with E-state index in [-0.39, 0.29) is 12.5 Å². The first kappa shape index (κ1) is 18.1. The van der Waals surface area contributed by atoms with Crippen LogP contribution in [0, 0.1) is 0 Å². The van der Waals surface area contributed by atoms with Crippen LogP contribution in [0.5, 0.6) is 0 Å². The van der Waals surface area contributed by atoms with Crippen molar-refractivity contribution in [1.82, 2.24) is 5.32 Å². The predicted octanol–water partition coefficient (Wildman–Crippen LogP) is 1.17. The molecule has 0 saturated heterocycles. The van der Waals surface area contributed by atoms with E-state index in [0.717, 1.165) is 0 Å². The van der Waals surface area contributed by atoms with E-state index >= 15 is 0 Å². The largest absolute Gasteiger partial charge is 0.456 e. The van der Waals surface area contributed by atoms with Gasteiger partial charge in [-0.3, -0.25) is 4.79 Å². The summed E-state index contributed by atoms with van der Waals surface area (Å²) in [5, 5.41) is 22.4. The van der Waals surface area contributed by atoms with Crippen LogP contribution in [-0.2, 0) is 9.53 Å². The molecule has 2 unspecified atom stereocenters. The molecule has 0 aliphatic rings. The first-order valence-electron chi connectivity index (χ1n) is 7.04. The predicted molar refractivity (Wildman–Crippen MR) is 81.3 cm³/mol. The van der Waals surface area contributed by atoms with E-state index in [9.17, 15) is 19.8 Å². The molecule has 2 atom stereocenters. The number of hydrogen-bond acceptors (Lipinski definition) is 5. The summed E-state index contributed by atoms with van der Waals surface area (Å²) in [5.41, 5.74) is 0.0517. The fourth-order valence-corrected chi connectivity index (χ4v) is 1.77. The van der Waals surface area contributed by atoms with E-state index in [2.05, 4.69) is 5.32 Å². The molecule has 0 aliphatic carbocycles. The molecule has 122 valence electrons. The third-order valence-electron chi connectivity index (χ3n) is 2.79. The van der Waals surface area contributed by atoms with Gasteiger partial charge in [-0.25, -0.2) is 4.79 Å². The fraction of sp³-hybridized carbons (Fsp3) is 0.500. The quantitative estimate of drug-likeness (QED) is 0.710. The zero-order chi connectivity index (χ0) is 16.9. The second-order valence-corrected chi connectivity index (χ2v) is 6.08. The second-order valence-electron chi connectivity index (χ2n) is 6.08. The highest BCUT2D eigenvalue weighted by Crippen LogP contribution is 2.20. The number of hydrogen-bond donors (Lipinski definition) is 3. The second kappa shape index (κ2) is 7.38. The summed E-state index contributed by atoms with van der Waals surface area (Å²) in [5.74, 6) is -0.799. The van der Waals surface area contributed by atoms with Gasteiger partial charge in [-0.1, -0.05) is 12.1 Å². The Kier molecular flexibility index (Phi) is 6.08. The molecule has 1 rings (SSSR count). The van der Waals surface area contributed by atoms with Crippen LogP contribution >= 0.6 is 0 Å². The van der Waals surface area contributed by atoms with Gasteiger partial charge < -0.3 is 20.3 Å². The molecule has 0 radical (unpaired) electrons. The van der Waals surface area contributed by atoms with Crippen molar-refractivity contribution >= 4 is 11.9 Å². The Hall–Kier alpha value is -1.92. The molecule has 1 amide bonds. The molecular weight excluding hydrogens is 286 g/mol. The molecule has 0 aromatic heterocycles. The summed E-state index contributed by atoms with van der Waals surface area (Å²) in [6.45, 7) is 6.54. The van der Waals surface area contributed by atoms with Crippen molar-refractivity contribution < 1.29 is 24.5 Å². The maximum atomic E-state index is 12.0. The molecule has 1 aromatic carbocycles. The molecule has 0 fully saturated rings. The van der Waals surface area contributed by atoms with Gasteiger partial charge in [0.2, 0.25) is 5.91 Å². The number of carbonyl (C=O) groups is 2. The molecule has 22 heavy (non-hydrogen) atoms. The first-order valence-corrected chi connectivity index (χ1v) is 7.04. The third-order valence-corrected chi connectivity index (χ3v) is 2.79. The number of aliphatic hydroxyl groups is 2. The van der Waals surface area contributed by atoms with Crippen molar-refractivity contribution in [1.29, 1.82) is 0 Å². The van der Waals surface area contributed by atoms with Crippen molar-refractivity contribution in [2.24, 2.45) is 0 Å². The molecule has 0 spiro atoms. The zero-order valence-corrected chi connectivity index (χ0v) is 13.3. The summed E-state index contributed by atoms with van der Waals surface area (Å²) in [6.07, 6.45) is -2.38. The molecule has 0 aliphatic heterocycles. The summed E-state index contributed by atoms with van der Waals surface area (Å²) in [6, 6.07) is 6.23. The Balaban J connectivity index is 2.82. The lowest BCUT2D eigenvalue weighted by molar-refractivity contribution is -0.119. The summed E-state index contributed by atoms with van der Waals surface area (Å²) < 4.78 is 5.26. The number of esters is 1. The molecule has 6 nitrogen and oxygen atoms in total. The molecule has 6 heteroatoms. The third kappa shape index (κ3) is 5.83. The number of nitrogens with one attached hydrogen (secondary N) is 1. The van der Waals surface area contributed by atoms with Crippen LogP contribution in [0.4, 0.5) is 0 Å². The van der Waals surface area contributed by atoms with E-state index in [1.165, 1.54) is 13.0 Å². The van der Waals surface area contributed by atoms with Crippen molar-refractivity contribution in [3.8, 4) is 0 Å². The van der Waals surface area contributed by atoms with Gasteiger partial charge in [0.15, 0.2) is 0 Å². The molecule has 0 heterocycles. The average Bonchev–Trinajstić information content (AvgIpc) is 2.42. The minimum Gasteiger partial charge on any atom is -0.456 e. The number of rotatable bonds is 5. The Labute approximate surface area is 130 Å². The lowest BCUT2D eigenvalue weighted by Gasteiger charge is -2.21. The van der Waals surface area contributed by atoms with Gasteiger partial charge in [-0.2, -0.15) is 0 Å². The standard InChI is InChI=1S/C16H23NO5/c1-10(18)17-9-13(19)14(20)11-6-5-7-12(8-11)15(21)22-16(2,3)4/h5-8,13-14,19-20H,9H2,1-4H3,(H,17,18). The number of aliphatic hydroxyl groups excluding tert-OH is 2. The van der Waals surface area contributed by atoms with Crippen molar-refractivity contribution in [2.75, 3.05) is 6.54 Å². The highest BCUT2D eigenvalue weighted by molar-refractivity contribution is 5.89. The molecular formula is C16H23NO5. The maximum absolute atomic E-state index is 12.0. The average molecular weight is 309 g/mol. The molecule has 3 N–H and O–H groups in total. The highest BCUT2D eigenvalue weighted by Gasteiger charge is 2.22. The maximum Gasteiger partial charge on any atom is 0.338 e. The van der Waals surface area contributed by atoms with Gasteiger partial charge in [-0.05, 0) is 38.5 Å². The van der Waals surface area contributed by atoms with Crippen molar-refractivity contribution in [3.63, 3.8) is 0 Å². The number of benzene rings is 1. The molecule has 1 aromatic rings. The van der Waals surface area contributed by atoms with Gasteiger partial charge in [0, 0.05) is 13.5 Å². The van der Waals surface area contributed by atoms with Crippen LogP contribution in [-0.4, -0.2) is 40.3 Å². The van der Waals surface area contributed by atoms with Gasteiger partial charge in [0.05, 0.1) is 5.56 Å². The lowest BCUT2D eigenvalue weighted by atomic mass is 10.0. The van der Waals surface area contributed by atoms with Crippen LogP contribution in [0.3, 0.4) is 0 Å². The number of ether oxygens (including phenoxy) is 1. The van der Waals surface area contributed by atoms with Crippen LogP contribution in [0.1, 0.15) is 49.7 Å². The summed E-state index contributed by atoms with van der Waals surface area (Å²) in [7, 11) is 0. The molecule has 0 saturated carbocycles. The van der Waals surface area contributed by atoms with Crippen LogP contribution in [0.2, 0.25) is 0 Å². The first-order chi connectivity index (χ1) is 10.1. The van der Waals surface area contributed by atoms with Crippen LogP contribution < -0.4 is 5.32 Å². The SMILES string of the molecule is CC(=O)NCC(O)C(O)c1cccc(C(=O)OC(C)(C)C)c1. The van der Waals surface area contributed by atoms with Gasteiger partial charge in [0.1, 0.15) is 17.8 Å². The van der Waals surface area contributed by atoms with Gasteiger partial charge >= 0.3 is 5.97 Å². The lowest BCUT2D eigenvalue weighted by Crippen LogP contribution is -2.34. The van der Waals surface area contributed by atoms with Crippen LogP contribution in [0.15, 0.2) is 24.3 Å². The fourth-order valence-electron chi connectivity index (χ4n) is 1.77. The minimum absolute atomic E-state index is 0.0762. The Morgan fingerprint density at radius 2 is 1.91 bits per heavy atom. The highest BCUT2D eigenvalue weighted by atomic mass is 16.6. The summed E-state index contributed by atoms with van der Waals surface area (Å²) in [4.78, 5) is 22.8. The minimum atomic E-state index is -1.21. The number of amides is 1. The molecule has 0 bridgehead atoms. The monoisotopic (exact) mass is 309 g/mol. The van der Waals surface area contributed by atoms with E-state index in [0.29, 0.717) is 11.1 Å². The van der Waals surface area contributed by atoms with E-state index < -0.39 is 23.8 Å². The Morgan fingerprint density at radius 3 is 2.45 bits per heavy atom. The van der Waals surface area contributed by atoms with Crippen molar-refractivity contribution in [2.45, 2.75) is 45.5 Å².